The molecule has 146 valence electrons. The van der Waals surface area contributed by atoms with Crippen molar-refractivity contribution in [2.24, 2.45) is 5.41 Å². The molecule has 5 rings (SSSR count). The minimum Gasteiger partial charge on any atom is -0.358 e. The predicted octanol–water partition coefficient (Wildman–Crippen LogP) is 5.11. The molecule has 0 saturated heterocycles. The summed E-state index contributed by atoms with van der Waals surface area (Å²) in [5, 5.41) is 3.33. The molecular formula is C23H19F2N3O. The number of aromatic nitrogens is 2. The summed E-state index contributed by atoms with van der Waals surface area (Å²) in [6.45, 7) is 4.00. The van der Waals surface area contributed by atoms with Crippen molar-refractivity contribution in [3.63, 3.8) is 0 Å². The molecule has 1 aliphatic carbocycles. The van der Waals surface area contributed by atoms with Crippen LogP contribution in [-0.4, -0.2) is 15.8 Å². The van der Waals surface area contributed by atoms with Crippen molar-refractivity contribution >= 4 is 22.5 Å². The Hall–Kier alpha value is -3.15. The number of benzene rings is 2. The van der Waals surface area contributed by atoms with Crippen LogP contribution in [0.2, 0.25) is 0 Å². The van der Waals surface area contributed by atoms with E-state index in [-0.39, 0.29) is 28.8 Å². The van der Waals surface area contributed by atoms with Gasteiger partial charge in [0.1, 0.15) is 0 Å². The summed E-state index contributed by atoms with van der Waals surface area (Å²) in [5.74, 6) is -3.98. The topological polar surface area (TPSA) is 54.9 Å². The van der Waals surface area contributed by atoms with Crippen LogP contribution in [0.25, 0.3) is 11.0 Å². The number of anilines is 1. The molecule has 29 heavy (non-hydrogen) atoms. The van der Waals surface area contributed by atoms with Crippen molar-refractivity contribution in [3.8, 4) is 0 Å². The standard InChI is InChI=1S/C23H19F2N3O/c1-23(2)10-17-20(18(29)11-23)19(12-3-4-13(24)14(25)9-12)21-15(28-17)5-6-16-22(21)27-8-7-26-16/h3-9,19,28H,10-11H2,1-2H3/i19D. The Kier molecular flexibility index (Phi) is 3.57. The van der Waals surface area contributed by atoms with E-state index >= 15 is 0 Å². The second-order valence-electron chi connectivity index (χ2n) is 8.34. The summed E-state index contributed by atoms with van der Waals surface area (Å²) in [4.78, 5) is 22.0. The normalized spacial score (nSPS) is 23.3. The lowest BCUT2D eigenvalue weighted by molar-refractivity contribution is -0.118. The molecule has 1 N–H and O–H groups in total. The minimum absolute atomic E-state index is 0.181. The molecule has 0 spiro atoms. The second-order valence-corrected chi connectivity index (χ2v) is 8.34. The number of carbonyl (C=O) groups excluding carboxylic acids is 1. The zero-order valence-corrected chi connectivity index (χ0v) is 16.0. The first-order valence-corrected chi connectivity index (χ1v) is 9.44. The van der Waals surface area contributed by atoms with Gasteiger partial charge in [0.15, 0.2) is 17.4 Å². The van der Waals surface area contributed by atoms with E-state index < -0.39 is 17.5 Å². The monoisotopic (exact) mass is 392 g/mol. The molecule has 1 unspecified atom stereocenters. The van der Waals surface area contributed by atoms with Crippen molar-refractivity contribution in [3.05, 3.63) is 76.8 Å². The van der Waals surface area contributed by atoms with Gasteiger partial charge in [-0.2, -0.15) is 0 Å². The van der Waals surface area contributed by atoms with Gasteiger partial charge in [0, 0.05) is 48.6 Å². The molecule has 1 aromatic heterocycles. The lowest BCUT2D eigenvalue weighted by atomic mass is 9.68. The zero-order chi connectivity index (χ0) is 21.3. The van der Waals surface area contributed by atoms with Crippen LogP contribution >= 0.6 is 0 Å². The fraction of sp³-hybridized carbons (Fsp3) is 0.261. The van der Waals surface area contributed by atoms with E-state index in [0.717, 1.165) is 12.1 Å². The molecule has 2 aromatic carbocycles. The summed E-state index contributed by atoms with van der Waals surface area (Å²) in [5.41, 5.74) is 2.87. The number of nitrogens with zero attached hydrogens (tertiary/aromatic N) is 2. The number of carbonyl (C=O) groups is 1. The number of hydrogen-bond acceptors (Lipinski definition) is 4. The summed E-state index contributed by atoms with van der Waals surface area (Å²) in [6, 6.07) is 6.96. The van der Waals surface area contributed by atoms with Crippen LogP contribution in [0.1, 0.15) is 45.1 Å². The molecule has 1 aliphatic heterocycles. The number of hydrogen-bond donors (Lipinski definition) is 1. The van der Waals surface area contributed by atoms with E-state index in [1.54, 1.807) is 18.3 Å². The van der Waals surface area contributed by atoms with E-state index in [0.29, 0.717) is 34.4 Å². The molecule has 0 radical (unpaired) electrons. The average Bonchev–Trinajstić information content (AvgIpc) is 2.68. The Bertz CT molecular complexity index is 1270. The fourth-order valence-electron chi connectivity index (χ4n) is 4.34. The highest BCUT2D eigenvalue weighted by molar-refractivity contribution is 6.03. The highest BCUT2D eigenvalue weighted by Gasteiger charge is 2.41. The van der Waals surface area contributed by atoms with E-state index in [9.17, 15) is 14.9 Å². The SMILES string of the molecule is [2H]C1(c2ccc(F)c(F)c2)C2=C(CC(C)(C)CC2=O)Nc2ccc3nccnc3c21. The van der Waals surface area contributed by atoms with Gasteiger partial charge >= 0.3 is 0 Å². The number of ketones is 1. The zero-order valence-electron chi connectivity index (χ0n) is 17.0. The summed E-state index contributed by atoms with van der Waals surface area (Å²) in [7, 11) is 0. The van der Waals surface area contributed by atoms with Crippen LogP contribution in [0, 0.1) is 17.0 Å². The van der Waals surface area contributed by atoms with Crippen LogP contribution in [-0.2, 0) is 4.79 Å². The highest BCUT2D eigenvalue weighted by atomic mass is 19.2. The Labute approximate surface area is 168 Å². The number of Topliss-reactive ketones (excluding diaryl/α,β-unsaturated/α-hetero) is 1. The summed E-state index contributed by atoms with van der Waals surface area (Å²) < 4.78 is 37.5. The molecule has 1 atom stereocenters. The van der Waals surface area contributed by atoms with Gasteiger partial charge in [-0.15, -0.1) is 0 Å². The van der Waals surface area contributed by atoms with Crippen LogP contribution in [0.15, 0.2) is 54.0 Å². The van der Waals surface area contributed by atoms with E-state index in [1.807, 2.05) is 13.8 Å². The number of halogens is 2. The molecule has 0 amide bonds. The molecular weight excluding hydrogens is 372 g/mol. The molecule has 2 aliphatic rings. The largest absolute Gasteiger partial charge is 0.358 e. The van der Waals surface area contributed by atoms with Gasteiger partial charge in [-0.05, 0) is 41.7 Å². The third-order valence-electron chi connectivity index (χ3n) is 5.51. The van der Waals surface area contributed by atoms with Gasteiger partial charge in [0.25, 0.3) is 0 Å². The first-order chi connectivity index (χ1) is 14.2. The maximum atomic E-state index is 14.2. The fourth-order valence-corrected chi connectivity index (χ4v) is 4.34. The van der Waals surface area contributed by atoms with Crippen molar-refractivity contribution in [2.45, 2.75) is 32.6 Å². The molecule has 0 bridgehead atoms. The van der Waals surface area contributed by atoms with Crippen LogP contribution in [0.3, 0.4) is 0 Å². The van der Waals surface area contributed by atoms with Crippen molar-refractivity contribution < 1.29 is 14.9 Å². The molecule has 2 heterocycles. The first kappa shape index (κ1) is 16.8. The number of rotatable bonds is 1. The van der Waals surface area contributed by atoms with Gasteiger partial charge in [0.2, 0.25) is 0 Å². The molecule has 4 nitrogen and oxygen atoms in total. The Balaban J connectivity index is 1.89. The van der Waals surface area contributed by atoms with Gasteiger partial charge in [-0.3, -0.25) is 14.8 Å². The number of nitrogens with one attached hydrogen (secondary N) is 1. The van der Waals surface area contributed by atoms with Crippen molar-refractivity contribution in [1.82, 2.24) is 9.97 Å². The van der Waals surface area contributed by atoms with Gasteiger partial charge in [0.05, 0.1) is 11.0 Å². The Morgan fingerprint density at radius 3 is 2.69 bits per heavy atom. The lowest BCUT2D eigenvalue weighted by Crippen LogP contribution is -2.34. The summed E-state index contributed by atoms with van der Waals surface area (Å²) >= 11 is 0. The quantitative estimate of drug-likeness (QED) is 0.625. The smallest absolute Gasteiger partial charge is 0.162 e. The summed E-state index contributed by atoms with van der Waals surface area (Å²) in [6.07, 6.45) is 3.90. The van der Waals surface area contributed by atoms with E-state index in [2.05, 4.69) is 15.3 Å². The second kappa shape index (κ2) is 6.17. The van der Waals surface area contributed by atoms with E-state index in [1.165, 1.54) is 12.3 Å². The maximum Gasteiger partial charge on any atom is 0.162 e. The molecule has 3 aromatic rings. The minimum atomic E-state index is -1.74. The highest BCUT2D eigenvalue weighted by Crippen LogP contribution is 2.50. The number of allylic oxidation sites excluding steroid dienone is 2. The third kappa shape index (κ3) is 2.82. The maximum absolute atomic E-state index is 14.2. The van der Waals surface area contributed by atoms with Gasteiger partial charge in [-0.25, -0.2) is 8.78 Å². The van der Waals surface area contributed by atoms with Gasteiger partial charge < -0.3 is 5.32 Å². The first-order valence-electron chi connectivity index (χ1n) is 9.94. The average molecular weight is 392 g/mol. The lowest BCUT2D eigenvalue weighted by Gasteiger charge is -2.39. The Morgan fingerprint density at radius 1 is 1.10 bits per heavy atom. The third-order valence-corrected chi connectivity index (χ3v) is 5.51. The van der Waals surface area contributed by atoms with Crippen LogP contribution in [0.5, 0.6) is 0 Å². The van der Waals surface area contributed by atoms with Gasteiger partial charge in [-0.1, -0.05) is 19.9 Å². The predicted molar refractivity (Wildman–Crippen MR) is 106 cm³/mol. The Morgan fingerprint density at radius 2 is 1.90 bits per heavy atom. The van der Waals surface area contributed by atoms with Crippen molar-refractivity contribution in [1.29, 1.82) is 0 Å². The van der Waals surface area contributed by atoms with Crippen molar-refractivity contribution in [2.75, 3.05) is 5.32 Å². The van der Waals surface area contributed by atoms with E-state index in [4.69, 9.17) is 0 Å². The molecule has 0 saturated carbocycles. The molecule has 0 fully saturated rings. The van der Waals surface area contributed by atoms with Crippen LogP contribution < -0.4 is 5.32 Å². The molecule has 6 heteroatoms. The van der Waals surface area contributed by atoms with Crippen LogP contribution in [0.4, 0.5) is 14.5 Å². The number of fused-ring (bicyclic) bond motifs is 3.